The van der Waals surface area contributed by atoms with Gasteiger partial charge in [-0.25, -0.2) is 4.79 Å². The van der Waals surface area contributed by atoms with Crippen molar-refractivity contribution in [2.45, 2.75) is 25.0 Å². The van der Waals surface area contributed by atoms with Crippen LogP contribution in [0.4, 0.5) is 0 Å². The summed E-state index contributed by atoms with van der Waals surface area (Å²) in [6.07, 6.45) is -1.98. The molecule has 1 aliphatic rings. The smallest absolute Gasteiger partial charge is 0.330 e. The first kappa shape index (κ1) is 14.4. The molecule has 4 N–H and O–H groups in total. The van der Waals surface area contributed by atoms with Crippen molar-refractivity contribution in [3.8, 4) is 0 Å². The van der Waals surface area contributed by atoms with E-state index in [0.29, 0.717) is 0 Å². The monoisotopic (exact) mass is 282 g/mol. The molecule has 0 spiro atoms. The van der Waals surface area contributed by atoms with Crippen LogP contribution in [0.25, 0.3) is 0 Å². The van der Waals surface area contributed by atoms with Crippen molar-refractivity contribution < 1.29 is 20.1 Å². The number of nitrogens with one attached hydrogen (secondary N) is 1. The molecule has 1 aromatic rings. The van der Waals surface area contributed by atoms with Crippen molar-refractivity contribution >= 4 is 0 Å². The number of H-pyrrole nitrogens is 1. The molecule has 0 saturated carbocycles. The Kier molecular flexibility index (Phi) is 4.03. The number of ether oxygens (including phenoxy) is 1. The van der Waals surface area contributed by atoms with Crippen LogP contribution in [0.1, 0.15) is 11.8 Å². The first-order valence-electron chi connectivity index (χ1n) is 5.83. The molecule has 1 aromatic heterocycles. The van der Waals surface area contributed by atoms with E-state index < -0.39 is 42.9 Å². The molecule has 2 heterocycles. The molecule has 8 nitrogen and oxygen atoms in total. The Morgan fingerprint density at radius 3 is 2.70 bits per heavy atom. The van der Waals surface area contributed by atoms with Crippen LogP contribution in [0, 0.1) is 0 Å². The maximum absolute atomic E-state index is 11.8. The number of aliphatic hydroxyl groups excluding tert-OH is 3. The molecule has 0 amide bonds. The van der Waals surface area contributed by atoms with E-state index in [0.717, 1.165) is 10.8 Å². The Balaban J connectivity index is 2.54. The molecule has 8 heteroatoms. The molecular weight excluding hydrogens is 268 g/mol. The van der Waals surface area contributed by atoms with Gasteiger partial charge in [-0.3, -0.25) is 14.3 Å². The van der Waals surface area contributed by atoms with E-state index in [-0.39, 0.29) is 11.1 Å². The largest absolute Gasteiger partial charge is 0.394 e. The molecular formula is C12H14N2O6. The van der Waals surface area contributed by atoms with Crippen molar-refractivity contribution in [3.63, 3.8) is 0 Å². The first-order chi connectivity index (χ1) is 9.53. The summed E-state index contributed by atoms with van der Waals surface area (Å²) >= 11 is 0. The molecule has 2 rings (SSSR count). The molecule has 0 aromatic carbocycles. The number of rotatable bonds is 3. The highest BCUT2D eigenvalue weighted by molar-refractivity contribution is 5.18. The van der Waals surface area contributed by atoms with Crippen LogP contribution >= 0.6 is 0 Å². The minimum atomic E-state index is -1.15. The molecule has 1 unspecified atom stereocenters. The summed E-state index contributed by atoms with van der Waals surface area (Å²) in [5, 5.41) is 28.0. The lowest BCUT2D eigenvalue weighted by molar-refractivity contribution is -0.0449. The van der Waals surface area contributed by atoms with Gasteiger partial charge in [0.1, 0.15) is 12.2 Å². The third kappa shape index (κ3) is 2.26. The number of aromatic amines is 1. The van der Waals surface area contributed by atoms with Gasteiger partial charge in [-0.2, -0.15) is 0 Å². The molecule has 1 fully saturated rings. The van der Waals surface area contributed by atoms with Crippen LogP contribution in [0.3, 0.4) is 0 Å². The summed E-state index contributed by atoms with van der Waals surface area (Å²) in [4.78, 5) is 25.2. The SMILES string of the molecule is C=C=C1C(O)[C@H](CO)O[C@@H]1n1cc(CO)c(=O)[nH]c1=O. The van der Waals surface area contributed by atoms with Gasteiger partial charge in [0.25, 0.3) is 5.56 Å². The average Bonchev–Trinajstić information content (AvgIpc) is 2.75. The highest BCUT2D eigenvalue weighted by atomic mass is 16.5. The molecule has 1 aliphatic heterocycles. The average molecular weight is 282 g/mol. The zero-order chi connectivity index (χ0) is 14.9. The summed E-state index contributed by atoms with van der Waals surface area (Å²) in [7, 11) is 0. The molecule has 1 saturated heterocycles. The van der Waals surface area contributed by atoms with Gasteiger partial charge in [-0.05, 0) is 0 Å². The Hall–Kier alpha value is -1.96. The highest BCUT2D eigenvalue weighted by Crippen LogP contribution is 2.32. The molecule has 0 aliphatic carbocycles. The van der Waals surface area contributed by atoms with Gasteiger partial charge in [0.2, 0.25) is 0 Å². The molecule has 0 bridgehead atoms. The third-order valence-electron chi connectivity index (χ3n) is 3.09. The Bertz CT molecular complexity index is 669. The van der Waals surface area contributed by atoms with Crippen molar-refractivity contribution in [3.05, 3.63) is 50.5 Å². The fourth-order valence-corrected chi connectivity index (χ4v) is 2.02. The summed E-state index contributed by atoms with van der Waals surface area (Å²) in [6.45, 7) is 2.40. The number of nitrogens with zero attached hydrogens (tertiary/aromatic N) is 1. The number of aromatic nitrogens is 2. The van der Waals surface area contributed by atoms with E-state index in [1.54, 1.807) is 0 Å². The van der Waals surface area contributed by atoms with Crippen LogP contribution in [-0.2, 0) is 11.3 Å². The Morgan fingerprint density at radius 1 is 1.45 bits per heavy atom. The predicted octanol–water partition coefficient (Wildman–Crippen LogP) is -2.01. The summed E-state index contributed by atoms with van der Waals surface area (Å²) < 4.78 is 6.35. The summed E-state index contributed by atoms with van der Waals surface area (Å²) in [5.74, 6) is 0. The summed E-state index contributed by atoms with van der Waals surface area (Å²) in [5.41, 5.74) is 1.14. The maximum atomic E-state index is 11.8. The van der Waals surface area contributed by atoms with Crippen molar-refractivity contribution in [1.82, 2.24) is 9.55 Å². The van der Waals surface area contributed by atoms with E-state index in [1.807, 2.05) is 4.98 Å². The van der Waals surface area contributed by atoms with Crippen LogP contribution in [0.2, 0.25) is 0 Å². The van der Waals surface area contributed by atoms with Crippen LogP contribution < -0.4 is 11.2 Å². The van der Waals surface area contributed by atoms with Crippen LogP contribution in [0.5, 0.6) is 0 Å². The molecule has 108 valence electrons. The van der Waals surface area contributed by atoms with E-state index in [1.165, 1.54) is 0 Å². The Labute approximate surface area is 112 Å². The van der Waals surface area contributed by atoms with Gasteiger partial charge >= 0.3 is 5.69 Å². The second kappa shape index (κ2) is 5.58. The molecule has 3 atom stereocenters. The minimum Gasteiger partial charge on any atom is -0.394 e. The first-order valence-corrected chi connectivity index (χ1v) is 5.83. The van der Waals surface area contributed by atoms with Crippen molar-refractivity contribution in [1.29, 1.82) is 0 Å². The van der Waals surface area contributed by atoms with Gasteiger partial charge in [-0.1, -0.05) is 6.58 Å². The lowest BCUT2D eigenvalue weighted by atomic mass is 10.1. The third-order valence-corrected chi connectivity index (χ3v) is 3.09. The quantitative estimate of drug-likeness (QED) is 0.475. The Morgan fingerprint density at radius 2 is 2.15 bits per heavy atom. The zero-order valence-electron chi connectivity index (χ0n) is 10.4. The normalized spacial score (nSPS) is 25.8. The van der Waals surface area contributed by atoms with Gasteiger partial charge in [0.15, 0.2) is 6.23 Å². The maximum Gasteiger partial charge on any atom is 0.330 e. The molecule has 0 radical (unpaired) electrons. The number of hydrogen-bond acceptors (Lipinski definition) is 6. The standard InChI is InChI=1S/C12H14N2O6/c1-2-7-9(17)8(5-16)20-11(7)14-3-6(4-15)10(18)13-12(14)19/h3,8-9,11,15-17H,1,4-5H2,(H,13,18,19)/t8-,9?,11-/m0/s1. The fraction of sp³-hybridized carbons (Fsp3) is 0.417. The molecule has 20 heavy (non-hydrogen) atoms. The number of aliphatic hydroxyl groups is 3. The minimum absolute atomic E-state index is 0.0291. The van der Waals surface area contributed by atoms with E-state index in [4.69, 9.17) is 14.9 Å². The second-order valence-corrected chi connectivity index (χ2v) is 4.27. The van der Waals surface area contributed by atoms with Crippen LogP contribution in [-0.4, -0.2) is 43.7 Å². The van der Waals surface area contributed by atoms with Crippen LogP contribution in [0.15, 0.2) is 33.7 Å². The van der Waals surface area contributed by atoms with Gasteiger partial charge in [-0.15, -0.1) is 5.73 Å². The van der Waals surface area contributed by atoms with Gasteiger partial charge in [0.05, 0.1) is 24.4 Å². The lowest BCUT2D eigenvalue weighted by Gasteiger charge is -2.15. The lowest BCUT2D eigenvalue weighted by Crippen LogP contribution is -2.34. The van der Waals surface area contributed by atoms with E-state index >= 15 is 0 Å². The second-order valence-electron chi connectivity index (χ2n) is 4.27. The van der Waals surface area contributed by atoms with Crippen molar-refractivity contribution in [2.75, 3.05) is 6.61 Å². The van der Waals surface area contributed by atoms with E-state index in [9.17, 15) is 14.7 Å². The van der Waals surface area contributed by atoms with E-state index in [2.05, 4.69) is 12.3 Å². The zero-order valence-corrected chi connectivity index (χ0v) is 10.4. The van der Waals surface area contributed by atoms with Crippen molar-refractivity contribution in [2.24, 2.45) is 0 Å². The topological polar surface area (TPSA) is 125 Å². The summed E-state index contributed by atoms with van der Waals surface area (Å²) in [6, 6.07) is 0. The van der Waals surface area contributed by atoms with Gasteiger partial charge in [0, 0.05) is 6.20 Å². The predicted molar refractivity (Wildman–Crippen MR) is 66.9 cm³/mol. The highest BCUT2D eigenvalue weighted by Gasteiger charge is 2.40. The van der Waals surface area contributed by atoms with Gasteiger partial charge < -0.3 is 20.1 Å². The fourth-order valence-electron chi connectivity index (χ4n) is 2.02. The number of hydrogen-bond donors (Lipinski definition) is 4.